The van der Waals surface area contributed by atoms with Gasteiger partial charge in [0.15, 0.2) is 0 Å². The van der Waals surface area contributed by atoms with Crippen molar-refractivity contribution in [2.24, 2.45) is 0 Å². The van der Waals surface area contributed by atoms with Gasteiger partial charge in [-0.1, -0.05) is 46.3 Å². The van der Waals surface area contributed by atoms with Gasteiger partial charge in [0, 0.05) is 15.3 Å². The van der Waals surface area contributed by atoms with Crippen molar-refractivity contribution in [1.82, 2.24) is 0 Å². The van der Waals surface area contributed by atoms with Crippen molar-refractivity contribution in [2.75, 3.05) is 5.32 Å². The number of fused-ring (bicyclic) bond motifs is 2. The van der Waals surface area contributed by atoms with Gasteiger partial charge in [0.05, 0.1) is 11.2 Å². The first kappa shape index (κ1) is 13.0. The van der Waals surface area contributed by atoms with Gasteiger partial charge in [-0.15, -0.1) is 11.3 Å². The Morgan fingerprint density at radius 2 is 2.00 bits per heavy atom. The molecule has 1 unspecified atom stereocenters. The van der Waals surface area contributed by atoms with Crippen LogP contribution in [0.25, 0.3) is 10.1 Å². The van der Waals surface area contributed by atoms with Gasteiger partial charge < -0.3 is 5.32 Å². The van der Waals surface area contributed by atoms with Crippen molar-refractivity contribution in [3.63, 3.8) is 0 Å². The standard InChI is InChI=1S/C17H12BrNOS/c18-17(15-8-10-3-1-2-4-14(10)21-15)11-5-6-13-12(7-11)9-16(20)19-13/h1-8,17H,9H2,(H,19,20). The molecule has 21 heavy (non-hydrogen) atoms. The Hall–Kier alpha value is -1.65. The van der Waals surface area contributed by atoms with Crippen LogP contribution in [0.1, 0.15) is 20.8 Å². The maximum Gasteiger partial charge on any atom is 0.228 e. The van der Waals surface area contributed by atoms with E-state index in [4.69, 9.17) is 0 Å². The van der Waals surface area contributed by atoms with Gasteiger partial charge in [0.1, 0.15) is 0 Å². The molecule has 0 radical (unpaired) electrons. The number of amides is 1. The van der Waals surface area contributed by atoms with Crippen LogP contribution in [-0.4, -0.2) is 5.91 Å². The number of hydrogen-bond donors (Lipinski definition) is 1. The molecule has 0 bridgehead atoms. The molecule has 0 aliphatic carbocycles. The summed E-state index contributed by atoms with van der Waals surface area (Å²) in [5, 5.41) is 4.15. The zero-order valence-corrected chi connectivity index (χ0v) is 13.5. The smallest absolute Gasteiger partial charge is 0.228 e. The average molecular weight is 358 g/mol. The monoisotopic (exact) mass is 357 g/mol. The lowest BCUT2D eigenvalue weighted by Gasteiger charge is -2.09. The third-order valence-corrected chi connectivity index (χ3v) is 6.25. The first-order chi connectivity index (χ1) is 10.2. The quantitative estimate of drug-likeness (QED) is 0.650. The van der Waals surface area contributed by atoms with E-state index in [-0.39, 0.29) is 10.7 Å². The predicted molar refractivity (Wildman–Crippen MR) is 91.4 cm³/mol. The zero-order valence-electron chi connectivity index (χ0n) is 11.1. The Labute approximate surface area is 134 Å². The summed E-state index contributed by atoms with van der Waals surface area (Å²) in [6, 6.07) is 16.8. The van der Waals surface area contributed by atoms with E-state index >= 15 is 0 Å². The number of carbonyl (C=O) groups excluding carboxylic acids is 1. The molecule has 1 aliphatic rings. The number of rotatable bonds is 2. The summed E-state index contributed by atoms with van der Waals surface area (Å²) in [7, 11) is 0. The Kier molecular flexibility index (Phi) is 3.08. The maximum atomic E-state index is 11.4. The van der Waals surface area contributed by atoms with Crippen LogP contribution >= 0.6 is 27.3 Å². The van der Waals surface area contributed by atoms with Gasteiger partial charge in [0.25, 0.3) is 0 Å². The molecule has 0 saturated heterocycles. The summed E-state index contributed by atoms with van der Waals surface area (Å²) in [5.74, 6) is 0.0788. The molecular weight excluding hydrogens is 346 g/mol. The van der Waals surface area contributed by atoms with E-state index in [0.29, 0.717) is 6.42 Å². The third kappa shape index (κ3) is 2.28. The Morgan fingerprint density at radius 1 is 1.14 bits per heavy atom. The lowest BCUT2D eigenvalue weighted by molar-refractivity contribution is -0.115. The summed E-state index contributed by atoms with van der Waals surface area (Å²) < 4.78 is 1.30. The highest BCUT2D eigenvalue weighted by molar-refractivity contribution is 9.09. The highest BCUT2D eigenvalue weighted by Crippen LogP contribution is 2.39. The minimum Gasteiger partial charge on any atom is -0.326 e. The number of benzene rings is 2. The molecule has 3 aromatic rings. The summed E-state index contributed by atoms with van der Waals surface area (Å²) in [6.45, 7) is 0. The number of anilines is 1. The molecule has 0 fully saturated rings. The van der Waals surface area contributed by atoms with Gasteiger partial charge in [-0.05, 0) is 34.7 Å². The van der Waals surface area contributed by atoms with Crippen LogP contribution in [0, 0.1) is 0 Å². The van der Waals surface area contributed by atoms with E-state index in [2.05, 4.69) is 63.7 Å². The summed E-state index contributed by atoms with van der Waals surface area (Å²) >= 11 is 5.61. The number of carbonyl (C=O) groups is 1. The number of hydrogen-bond acceptors (Lipinski definition) is 2. The Morgan fingerprint density at radius 3 is 2.86 bits per heavy atom. The van der Waals surface area contributed by atoms with Crippen molar-refractivity contribution < 1.29 is 4.79 Å². The highest BCUT2D eigenvalue weighted by Gasteiger charge is 2.20. The van der Waals surface area contributed by atoms with Crippen LogP contribution in [0.15, 0.2) is 48.5 Å². The summed E-state index contributed by atoms with van der Waals surface area (Å²) in [5.41, 5.74) is 3.22. The molecule has 0 spiro atoms. The lowest BCUT2D eigenvalue weighted by atomic mass is 10.0. The zero-order chi connectivity index (χ0) is 14.4. The second-order valence-corrected chi connectivity index (χ2v) is 7.22. The number of nitrogens with one attached hydrogen (secondary N) is 1. The fraction of sp³-hybridized carbons (Fsp3) is 0.118. The van der Waals surface area contributed by atoms with Crippen LogP contribution < -0.4 is 5.32 Å². The topological polar surface area (TPSA) is 29.1 Å². The third-order valence-electron chi connectivity index (χ3n) is 3.74. The number of alkyl halides is 1. The van der Waals surface area contributed by atoms with Crippen LogP contribution in [0.5, 0.6) is 0 Å². The molecule has 0 saturated carbocycles. The van der Waals surface area contributed by atoms with Gasteiger partial charge >= 0.3 is 0 Å². The minimum atomic E-state index is 0.0788. The predicted octanol–water partition coefficient (Wildman–Crippen LogP) is 4.88. The molecule has 2 aromatic carbocycles. The fourth-order valence-electron chi connectivity index (χ4n) is 2.70. The van der Waals surface area contributed by atoms with Crippen molar-refractivity contribution in [2.45, 2.75) is 11.2 Å². The van der Waals surface area contributed by atoms with Gasteiger partial charge in [-0.2, -0.15) is 0 Å². The van der Waals surface area contributed by atoms with Crippen LogP contribution in [-0.2, 0) is 11.2 Å². The molecule has 1 N–H and O–H groups in total. The van der Waals surface area contributed by atoms with Gasteiger partial charge in [-0.25, -0.2) is 0 Å². The van der Waals surface area contributed by atoms with E-state index in [1.165, 1.54) is 20.5 Å². The normalized spacial score (nSPS) is 15.0. The molecule has 2 nitrogen and oxygen atoms in total. The van der Waals surface area contributed by atoms with Crippen LogP contribution in [0.4, 0.5) is 5.69 Å². The van der Waals surface area contributed by atoms with E-state index in [0.717, 1.165) is 11.3 Å². The molecular formula is C17H12BrNOS. The van der Waals surface area contributed by atoms with Crippen molar-refractivity contribution in [1.29, 1.82) is 0 Å². The van der Waals surface area contributed by atoms with Gasteiger partial charge in [0.2, 0.25) is 5.91 Å². The first-order valence-electron chi connectivity index (χ1n) is 6.76. The fourth-order valence-corrected chi connectivity index (χ4v) is 4.47. The summed E-state index contributed by atoms with van der Waals surface area (Å²) in [4.78, 5) is 12.9. The maximum absolute atomic E-state index is 11.4. The van der Waals surface area contributed by atoms with Crippen molar-refractivity contribution >= 4 is 48.9 Å². The number of halogens is 1. The SMILES string of the molecule is O=C1Cc2cc(C(Br)c3cc4ccccc4s3)ccc2N1. The molecule has 1 aliphatic heterocycles. The Balaban J connectivity index is 1.73. The lowest BCUT2D eigenvalue weighted by Crippen LogP contribution is -2.03. The van der Waals surface area contributed by atoms with Gasteiger partial charge in [-0.3, -0.25) is 4.79 Å². The molecule has 2 heterocycles. The van der Waals surface area contributed by atoms with Crippen LogP contribution in [0.3, 0.4) is 0 Å². The molecule has 1 aromatic heterocycles. The summed E-state index contributed by atoms with van der Waals surface area (Å²) in [6.07, 6.45) is 0.481. The second-order valence-electron chi connectivity index (χ2n) is 5.19. The van der Waals surface area contributed by atoms with E-state index in [1.807, 2.05) is 6.07 Å². The largest absolute Gasteiger partial charge is 0.326 e. The molecule has 1 amide bonds. The Bertz CT molecular complexity index is 822. The highest BCUT2D eigenvalue weighted by atomic mass is 79.9. The molecule has 104 valence electrons. The second kappa shape index (κ2) is 4.97. The molecule has 1 atom stereocenters. The van der Waals surface area contributed by atoms with E-state index in [1.54, 1.807) is 11.3 Å². The van der Waals surface area contributed by atoms with E-state index < -0.39 is 0 Å². The van der Waals surface area contributed by atoms with Crippen molar-refractivity contribution in [3.05, 3.63) is 64.5 Å². The number of thiophene rings is 1. The minimum absolute atomic E-state index is 0.0788. The van der Waals surface area contributed by atoms with Crippen molar-refractivity contribution in [3.8, 4) is 0 Å². The van der Waals surface area contributed by atoms with Crippen LogP contribution in [0.2, 0.25) is 0 Å². The first-order valence-corrected chi connectivity index (χ1v) is 8.49. The molecule has 4 rings (SSSR count). The average Bonchev–Trinajstić information content (AvgIpc) is 3.07. The van der Waals surface area contributed by atoms with E-state index in [9.17, 15) is 4.79 Å². The molecule has 4 heteroatoms.